The minimum Gasteiger partial charge on any atom is -0.458 e. The molecule has 0 amide bonds. The molecule has 1 aliphatic heterocycles. The van der Waals surface area contributed by atoms with E-state index in [-0.39, 0.29) is 12.9 Å². The van der Waals surface area contributed by atoms with Crippen molar-refractivity contribution in [3.8, 4) is 0 Å². The Morgan fingerprint density at radius 2 is 1.57 bits per heavy atom. The number of hydrogen-bond acceptors (Lipinski definition) is 5. The number of hydrogen-bond donors (Lipinski definition) is 0. The maximum atomic E-state index is 12.3. The molecule has 0 aliphatic carbocycles. The SMILES string of the molecule is CC(C)(C)OC(=O)CO[C@H](c1ccccc1)[C@@H](OC1CCCCO1)c1ccccc1. The molecule has 3 atom stereocenters. The van der Waals surface area contributed by atoms with Crippen LogP contribution in [0.4, 0.5) is 0 Å². The Bertz CT molecular complexity index is 763. The molecule has 0 saturated carbocycles. The molecule has 1 saturated heterocycles. The van der Waals surface area contributed by atoms with Crippen molar-refractivity contribution < 1.29 is 23.7 Å². The molecule has 0 N–H and O–H groups in total. The lowest BCUT2D eigenvalue weighted by Gasteiger charge is -2.33. The van der Waals surface area contributed by atoms with Gasteiger partial charge >= 0.3 is 5.97 Å². The molecule has 5 nitrogen and oxygen atoms in total. The van der Waals surface area contributed by atoms with Gasteiger partial charge in [-0.05, 0) is 51.2 Å². The summed E-state index contributed by atoms with van der Waals surface area (Å²) in [4.78, 5) is 12.3. The van der Waals surface area contributed by atoms with E-state index in [1.54, 1.807) is 0 Å². The van der Waals surface area contributed by atoms with Crippen LogP contribution in [0, 0.1) is 0 Å². The van der Waals surface area contributed by atoms with Crippen molar-refractivity contribution in [2.45, 2.75) is 64.1 Å². The van der Waals surface area contributed by atoms with Crippen molar-refractivity contribution in [1.82, 2.24) is 0 Å². The molecular weight excluding hydrogens is 380 g/mol. The maximum absolute atomic E-state index is 12.3. The third kappa shape index (κ3) is 6.94. The number of rotatable bonds is 8. The third-order valence-electron chi connectivity index (χ3n) is 4.77. The second kappa shape index (κ2) is 10.7. The number of benzene rings is 2. The number of carbonyl (C=O) groups excluding carboxylic acids is 1. The van der Waals surface area contributed by atoms with E-state index in [1.807, 2.05) is 81.4 Å². The molecule has 5 heteroatoms. The average molecular weight is 413 g/mol. The second-order valence-corrected chi connectivity index (χ2v) is 8.49. The summed E-state index contributed by atoms with van der Waals surface area (Å²) in [6, 6.07) is 19.8. The van der Waals surface area contributed by atoms with Crippen LogP contribution < -0.4 is 0 Å². The van der Waals surface area contributed by atoms with Crippen molar-refractivity contribution in [3.05, 3.63) is 71.8 Å². The van der Waals surface area contributed by atoms with E-state index in [4.69, 9.17) is 18.9 Å². The molecule has 1 fully saturated rings. The molecule has 162 valence electrons. The van der Waals surface area contributed by atoms with Crippen LogP contribution in [0.2, 0.25) is 0 Å². The molecule has 3 rings (SSSR count). The summed E-state index contributed by atoms with van der Waals surface area (Å²) in [7, 11) is 0. The van der Waals surface area contributed by atoms with Gasteiger partial charge in [0.15, 0.2) is 6.29 Å². The summed E-state index contributed by atoms with van der Waals surface area (Å²) in [6.07, 6.45) is 1.77. The van der Waals surface area contributed by atoms with E-state index in [0.717, 1.165) is 30.4 Å². The topological polar surface area (TPSA) is 54.0 Å². The molecule has 2 aromatic carbocycles. The van der Waals surface area contributed by atoms with Gasteiger partial charge in [-0.3, -0.25) is 0 Å². The van der Waals surface area contributed by atoms with Gasteiger partial charge in [0.05, 0.1) is 0 Å². The van der Waals surface area contributed by atoms with Gasteiger partial charge in [0.2, 0.25) is 0 Å². The van der Waals surface area contributed by atoms with Gasteiger partial charge in [-0.1, -0.05) is 60.7 Å². The summed E-state index contributed by atoms with van der Waals surface area (Å²) >= 11 is 0. The Hall–Kier alpha value is -2.21. The smallest absolute Gasteiger partial charge is 0.332 e. The van der Waals surface area contributed by atoms with Crippen molar-refractivity contribution in [3.63, 3.8) is 0 Å². The van der Waals surface area contributed by atoms with Crippen LogP contribution in [-0.4, -0.2) is 31.1 Å². The van der Waals surface area contributed by atoms with Crippen molar-refractivity contribution in [1.29, 1.82) is 0 Å². The Morgan fingerprint density at radius 1 is 0.967 bits per heavy atom. The molecule has 1 heterocycles. The second-order valence-electron chi connectivity index (χ2n) is 8.49. The van der Waals surface area contributed by atoms with Gasteiger partial charge in [0.1, 0.15) is 24.4 Å². The van der Waals surface area contributed by atoms with Gasteiger partial charge in [-0.2, -0.15) is 0 Å². The van der Waals surface area contributed by atoms with Crippen LogP contribution in [0.25, 0.3) is 0 Å². The lowest BCUT2D eigenvalue weighted by molar-refractivity contribution is -0.218. The normalized spacial score (nSPS) is 19.1. The quantitative estimate of drug-likeness (QED) is 0.546. The fraction of sp³-hybridized carbons (Fsp3) is 0.480. The number of carbonyl (C=O) groups is 1. The van der Waals surface area contributed by atoms with E-state index in [9.17, 15) is 4.79 Å². The summed E-state index contributed by atoms with van der Waals surface area (Å²) in [5.41, 5.74) is 1.35. The van der Waals surface area contributed by atoms with E-state index in [0.29, 0.717) is 6.61 Å². The number of ether oxygens (including phenoxy) is 4. The molecule has 2 aromatic rings. The van der Waals surface area contributed by atoms with Crippen LogP contribution in [0.1, 0.15) is 63.4 Å². The molecule has 0 bridgehead atoms. The van der Waals surface area contributed by atoms with Crippen LogP contribution in [0.15, 0.2) is 60.7 Å². The van der Waals surface area contributed by atoms with Crippen LogP contribution in [0.5, 0.6) is 0 Å². The monoisotopic (exact) mass is 412 g/mol. The predicted octanol–water partition coefficient (Wildman–Crippen LogP) is 5.37. The largest absolute Gasteiger partial charge is 0.458 e. The maximum Gasteiger partial charge on any atom is 0.332 e. The van der Waals surface area contributed by atoms with E-state index in [1.165, 1.54) is 0 Å². The first-order valence-electron chi connectivity index (χ1n) is 10.6. The van der Waals surface area contributed by atoms with Crippen LogP contribution in [-0.2, 0) is 23.7 Å². The fourth-order valence-corrected chi connectivity index (χ4v) is 3.48. The summed E-state index contributed by atoms with van der Waals surface area (Å²) in [5, 5.41) is 0. The fourth-order valence-electron chi connectivity index (χ4n) is 3.48. The molecule has 1 aliphatic rings. The number of esters is 1. The predicted molar refractivity (Wildman–Crippen MR) is 115 cm³/mol. The third-order valence-corrected chi connectivity index (χ3v) is 4.77. The molecule has 0 spiro atoms. The zero-order chi connectivity index (χ0) is 21.4. The Morgan fingerprint density at radius 3 is 2.10 bits per heavy atom. The van der Waals surface area contributed by atoms with Gasteiger partial charge < -0.3 is 18.9 Å². The van der Waals surface area contributed by atoms with Gasteiger partial charge in [-0.25, -0.2) is 4.79 Å². The molecular formula is C25H32O5. The van der Waals surface area contributed by atoms with Gasteiger partial charge in [-0.15, -0.1) is 0 Å². The van der Waals surface area contributed by atoms with Crippen molar-refractivity contribution in [2.24, 2.45) is 0 Å². The highest BCUT2D eigenvalue weighted by Gasteiger charge is 2.31. The van der Waals surface area contributed by atoms with Gasteiger partial charge in [0.25, 0.3) is 0 Å². The first-order valence-corrected chi connectivity index (χ1v) is 10.6. The Balaban J connectivity index is 1.85. The zero-order valence-corrected chi connectivity index (χ0v) is 18.1. The van der Waals surface area contributed by atoms with Crippen LogP contribution in [0.3, 0.4) is 0 Å². The minimum atomic E-state index is -0.562. The summed E-state index contributed by atoms with van der Waals surface area (Å²) in [6.45, 7) is 6.07. The van der Waals surface area contributed by atoms with E-state index in [2.05, 4.69) is 0 Å². The first-order chi connectivity index (χ1) is 14.4. The molecule has 0 aromatic heterocycles. The molecule has 30 heavy (non-hydrogen) atoms. The lowest BCUT2D eigenvalue weighted by Crippen LogP contribution is -2.30. The standard InChI is InChI=1S/C25H32O5/c1-25(2,3)30-21(26)18-28-23(19-12-6-4-7-13-19)24(20-14-8-5-9-15-20)29-22-16-10-11-17-27-22/h4-9,12-15,22-24H,10-11,16-18H2,1-3H3/t22?,23-,24+/m1/s1. The average Bonchev–Trinajstić information content (AvgIpc) is 2.74. The van der Waals surface area contributed by atoms with Crippen molar-refractivity contribution >= 4 is 5.97 Å². The molecule has 1 unspecified atom stereocenters. The van der Waals surface area contributed by atoms with Gasteiger partial charge in [0, 0.05) is 6.61 Å². The zero-order valence-electron chi connectivity index (χ0n) is 18.1. The summed E-state index contributed by atoms with van der Waals surface area (Å²) < 4.78 is 23.8. The lowest BCUT2D eigenvalue weighted by atomic mass is 9.97. The van der Waals surface area contributed by atoms with Crippen molar-refractivity contribution in [2.75, 3.05) is 13.2 Å². The molecule has 0 radical (unpaired) electrons. The minimum absolute atomic E-state index is 0.158. The van der Waals surface area contributed by atoms with Crippen LogP contribution >= 0.6 is 0 Å². The Labute approximate surface area is 179 Å². The highest BCUT2D eigenvalue weighted by molar-refractivity contribution is 5.71. The van der Waals surface area contributed by atoms with E-state index < -0.39 is 23.8 Å². The first kappa shape index (κ1) is 22.5. The summed E-state index contributed by atoms with van der Waals surface area (Å²) in [5.74, 6) is -0.399. The highest BCUT2D eigenvalue weighted by atomic mass is 16.7. The van der Waals surface area contributed by atoms with E-state index >= 15 is 0 Å². The highest BCUT2D eigenvalue weighted by Crippen LogP contribution is 2.37. The Kier molecular flexibility index (Phi) is 8.02.